The normalized spacial score (nSPS) is 10.2. The van der Waals surface area contributed by atoms with Gasteiger partial charge in [0.05, 0.1) is 10.1 Å². The fourth-order valence-electron chi connectivity index (χ4n) is 1.75. The lowest BCUT2D eigenvalue weighted by atomic mass is 10.2. The van der Waals surface area contributed by atoms with Crippen LogP contribution >= 0.6 is 34.7 Å². The van der Waals surface area contributed by atoms with Crippen molar-refractivity contribution in [1.29, 1.82) is 0 Å². The highest BCUT2D eigenvalue weighted by molar-refractivity contribution is 7.99. The lowest BCUT2D eigenvalue weighted by Gasteiger charge is -2.10. The van der Waals surface area contributed by atoms with Gasteiger partial charge >= 0.3 is 0 Å². The van der Waals surface area contributed by atoms with Crippen LogP contribution in [0.15, 0.2) is 36.4 Å². The first-order valence-corrected chi connectivity index (χ1v) is 9.47. The topological polar surface area (TPSA) is 67.4 Å². The predicted molar refractivity (Wildman–Crippen MR) is 98.5 cm³/mol. The lowest BCUT2D eigenvalue weighted by molar-refractivity contribution is -0.128. The Morgan fingerprint density at radius 2 is 1.92 bits per heavy atom. The van der Waals surface area contributed by atoms with Crippen molar-refractivity contribution >= 4 is 46.5 Å². The first-order chi connectivity index (χ1) is 11.5. The Bertz CT molecular complexity index is 706. The molecular formula is C16H17ClN2O3S2. The fourth-order valence-corrected chi connectivity index (χ4v) is 3.77. The van der Waals surface area contributed by atoms with Gasteiger partial charge in [0.25, 0.3) is 5.91 Å². The quantitative estimate of drug-likeness (QED) is 0.719. The number of hydrazine groups is 1. The Balaban J connectivity index is 1.60. The molecule has 0 fully saturated rings. The van der Waals surface area contributed by atoms with Crippen LogP contribution in [-0.2, 0) is 15.3 Å². The van der Waals surface area contributed by atoms with Gasteiger partial charge < -0.3 is 4.74 Å². The van der Waals surface area contributed by atoms with Gasteiger partial charge in [0.1, 0.15) is 5.75 Å². The number of halogens is 1. The number of benzene rings is 1. The second kappa shape index (κ2) is 9.56. The molecule has 0 aliphatic carbocycles. The monoisotopic (exact) mass is 384 g/mol. The molecule has 5 nitrogen and oxygen atoms in total. The molecule has 1 heterocycles. The van der Waals surface area contributed by atoms with E-state index in [4.69, 9.17) is 16.3 Å². The molecule has 0 aliphatic rings. The van der Waals surface area contributed by atoms with Gasteiger partial charge in [-0.15, -0.1) is 23.1 Å². The number of carbonyl (C=O) groups excluding carboxylic acids is 2. The smallest absolute Gasteiger partial charge is 0.276 e. The maximum absolute atomic E-state index is 11.7. The molecule has 0 radical (unpaired) electrons. The summed E-state index contributed by atoms with van der Waals surface area (Å²) >= 11 is 8.78. The van der Waals surface area contributed by atoms with E-state index in [1.54, 1.807) is 6.07 Å². The van der Waals surface area contributed by atoms with Crippen molar-refractivity contribution in [2.75, 3.05) is 12.4 Å². The Kier molecular flexibility index (Phi) is 7.42. The van der Waals surface area contributed by atoms with E-state index < -0.39 is 5.91 Å². The molecule has 0 spiro atoms. The first kappa shape index (κ1) is 18.6. The fraction of sp³-hybridized carbons (Fsp3) is 0.250. The molecule has 0 aliphatic heterocycles. The standard InChI is InChI=1S/C16H17ClN2O3S2/c1-11-4-2-3-5-13(11)22-8-15(20)18-19-16(21)10-23-9-12-6-7-14(17)24-12/h2-7H,8-10H2,1H3,(H,18,20)(H,19,21). The van der Waals surface area contributed by atoms with Crippen molar-refractivity contribution in [2.24, 2.45) is 0 Å². The molecule has 1 aromatic heterocycles. The Labute approximate surface area is 153 Å². The van der Waals surface area contributed by atoms with Gasteiger partial charge in [-0.3, -0.25) is 20.4 Å². The van der Waals surface area contributed by atoms with Crippen LogP contribution < -0.4 is 15.6 Å². The molecule has 128 valence electrons. The van der Waals surface area contributed by atoms with Gasteiger partial charge in [-0.25, -0.2) is 0 Å². The molecule has 8 heteroatoms. The van der Waals surface area contributed by atoms with Gasteiger partial charge in [-0.2, -0.15) is 0 Å². The summed E-state index contributed by atoms with van der Waals surface area (Å²) < 4.78 is 6.12. The highest BCUT2D eigenvalue weighted by Crippen LogP contribution is 2.24. The summed E-state index contributed by atoms with van der Waals surface area (Å²) in [5.74, 6) is 0.904. The number of rotatable bonds is 7. The van der Waals surface area contributed by atoms with E-state index in [9.17, 15) is 9.59 Å². The van der Waals surface area contributed by atoms with Crippen LogP contribution in [0.1, 0.15) is 10.4 Å². The van der Waals surface area contributed by atoms with Crippen LogP contribution in [0.3, 0.4) is 0 Å². The van der Waals surface area contributed by atoms with Crippen LogP contribution in [0.5, 0.6) is 5.75 Å². The molecular weight excluding hydrogens is 368 g/mol. The Hall–Kier alpha value is -1.70. The summed E-state index contributed by atoms with van der Waals surface area (Å²) in [5, 5.41) is 0. The van der Waals surface area contributed by atoms with Crippen LogP contribution in [0.2, 0.25) is 4.34 Å². The van der Waals surface area contributed by atoms with E-state index in [-0.39, 0.29) is 18.3 Å². The predicted octanol–water partition coefficient (Wildman–Crippen LogP) is 3.17. The highest BCUT2D eigenvalue weighted by Gasteiger charge is 2.07. The van der Waals surface area contributed by atoms with Crippen molar-refractivity contribution < 1.29 is 14.3 Å². The third kappa shape index (κ3) is 6.43. The van der Waals surface area contributed by atoms with Crippen LogP contribution in [0, 0.1) is 6.92 Å². The lowest BCUT2D eigenvalue weighted by Crippen LogP contribution is -2.44. The highest BCUT2D eigenvalue weighted by atomic mass is 35.5. The summed E-state index contributed by atoms with van der Waals surface area (Å²) in [4.78, 5) is 24.4. The van der Waals surface area contributed by atoms with Gasteiger partial charge in [-0.1, -0.05) is 29.8 Å². The minimum absolute atomic E-state index is 0.161. The second-order valence-electron chi connectivity index (χ2n) is 4.85. The zero-order valence-electron chi connectivity index (χ0n) is 13.0. The summed E-state index contributed by atoms with van der Waals surface area (Å²) in [7, 11) is 0. The molecule has 1 aromatic carbocycles. The number of amides is 2. The largest absolute Gasteiger partial charge is 0.483 e. The molecule has 2 amide bonds. The van der Waals surface area contributed by atoms with E-state index in [0.29, 0.717) is 11.5 Å². The molecule has 0 atom stereocenters. The molecule has 0 bridgehead atoms. The van der Waals surface area contributed by atoms with Gasteiger partial charge in [-0.05, 0) is 30.7 Å². The summed E-state index contributed by atoms with van der Waals surface area (Å²) in [5.41, 5.74) is 5.64. The summed E-state index contributed by atoms with van der Waals surface area (Å²) in [6.07, 6.45) is 0. The average Bonchev–Trinajstić information content (AvgIpc) is 2.97. The van der Waals surface area contributed by atoms with E-state index in [0.717, 1.165) is 14.8 Å². The van der Waals surface area contributed by atoms with Crippen LogP contribution in [0.4, 0.5) is 0 Å². The number of nitrogens with one attached hydrogen (secondary N) is 2. The minimum Gasteiger partial charge on any atom is -0.483 e. The van der Waals surface area contributed by atoms with Gasteiger partial charge in [0, 0.05) is 10.6 Å². The third-order valence-corrected chi connectivity index (χ3v) is 5.30. The van der Waals surface area contributed by atoms with Crippen LogP contribution in [-0.4, -0.2) is 24.2 Å². The SMILES string of the molecule is Cc1ccccc1OCC(=O)NNC(=O)CSCc1ccc(Cl)s1. The molecule has 0 saturated heterocycles. The molecule has 2 rings (SSSR count). The minimum atomic E-state index is -0.415. The number of aryl methyl sites for hydroxylation is 1. The van der Waals surface area contributed by atoms with Crippen molar-refractivity contribution in [3.8, 4) is 5.75 Å². The van der Waals surface area contributed by atoms with E-state index >= 15 is 0 Å². The number of para-hydroxylation sites is 1. The van der Waals surface area contributed by atoms with Crippen molar-refractivity contribution in [2.45, 2.75) is 12.7 Å². The van der Waals surface area contributed by atoms with Crippen molar-refractivity contribution in [3.63, 3.8) is 0 Å². The number of hydrogen-bond acceptors (Lipinski definition) is 5. The van der Waals surface area contributed by atoms with Crippen LogP contribution in [0.25, 0.3) is 0 Å². The number of carbonyl (C=O) groups is 2. The van der Waals surface area contributed by atoms with Crippen molar-refractivity contribution in [1.82, 2.24) is 10.9 Å². The molecule has 24 heavy (non-hydrogen) atoms. The molecule has 2 aromatic rings. The maximum Gasteiger partial charge on any atom is 0.276 e. The van der Waals surface area contributed by atoms with Gasteiger partial charge in [0.2, 0.25) is 5.91 Å². The average molecular weight is 385 g/mol. The summed E-state index contributed by atoms with van der Waals surface area (Å²) in [6.45, 7) is 1.74. The second-order valence-corrected chi connectivity index (χ2v) is 7.63. The third-order valence-electron chi connectivity index (χ3n) is 2.90. The molecule has 2 N–H and O–H groups in total. The zero-order chi connectivity index (χ0) is 17.4. The van der Waals surface area contributed by atoms with E-state index in [1.165, 1.54) is 23.1 Å². The summed E-state index contributed by atoms with van der Waals surface area (Å²) in [6, 6.07) is 11.2. The van der Waals surface area contributed by atoms with Gasteiger partial charge in [0.15, 0.2) is 6.61 Å². The number of thiophene rings is 1. The zero-order valence-corrected chi connectivity index (χ0v) is 15.4. The Morgan fingerprint density at radius 3 is 2.62 bits per heavy atom. The van der Waals surface area contributed by atoms with E-state index in [2.05, 4.69) is 10.9 Å². The molecule has 0 unspecified atom stereocenters. The van der Waals surface area contributed by atoms with E-state index in [1.807, 2.05) is 37.3 Å². The number of ether oxygens (including phenoxy) is 1. The van der Waals surface area contributed by atoms with Crippen molar-refractivity contribution in [3.05, 3.63) is 51.2 Å². The number of hydrogen-bond donors (Lipinski definition) is 2. The first-order valence-electron chi connectivity index (χ1n) is 7.12. The Morgan fingerprint density at radius 1 is 1.17 bits per heavy atom. The maximum atomic E-state index is 11.7. The molecule has 0 saturated carbocycles. The number of thioether (sulfide) groups is 1.